The van der Waals surface area contributed by atoms with E-state index < -0.39 is 11.5 Å². The Morgan fingerprint density at radius 2 is 1.94 bits per heavy atom. The highest BCUT2D eigenvalue weighted by Gasteiger charge is 2.12. The third kappa shape index (κ3) is 2.69. The number of halogens is 2. The summed E-state index contributed by atoms with van der Waals surface area (Å²) >= 11 is 11.8. The molecule has 2 rings (SSSR count). The molecular formula is C11H7Cl2N3O2. The number of para-hydroxylation sites is 1. The third-order valence-electron chi connectivity index (χ3n) is 2.11. The Morgan fingerprint density at radius 3 is 2.56 bits per heavy atom. The minimum atomic E-state index is -0.559. The summed E-state index contributed by atoms with van der Waals surface area (Å²) < 4.78 is 0. The Labute approximate surface area is 112 Å². The fourth-order valence-electron chi connectivity index (χ4n) is 1.29. The largest absolute Gasteiger partial charge is 0.318 e. The Kier molecular flexibility index (Phi) is 3.64. The van der Waals surface area contributed by atoms with Crippen molar-refractivity contribution in [3.63, 3.8) is 0 Å². The predicted octanol–water partition coefficient (Wildman–Crippen LogP) is 2.33. The highest BCUT2D eigenvalue weighted by atomic mass is 35.5. The average molecular weight is 284 g/mol. The van der Waals surface area contributed by atoms with E-state index in [1.54, 1.807) is 18.2 Å². The van der Waals surface area contributed by atoms with Gasteiger partial charge in [-0.1, -0.05) is 29.3 Å². The first kappa shape index (κ1) is 12.6. The summed E-state index contributed by atoms with van der Waals surface area (Å²) in [6.45, 7) is 0. The number of aromatic nitrogens is 2. The number of benzene rings is 1. The predicted molar refractivity (Wildman–Crippen MR) is 69.3 cm³/mol. The zero-order valence-electron chi connectivity index (χ0n) is 8.91. The molecule has 0 radical (unpaired) electrons. The van der Waals surface area contributed by atoms with E-state index in [2.05, 4.69) is 15.3 Å². The summed E-state index contributed by atoms with van der Waals surface area (Å²) in [7, 11) is 0. The molecule has 1 heterocycles. The number of carbonyl (C=O) groups excluding carboxylic acids is 1. The maximum absolute atomic E-state index is 11.8. The molecule has 92 valence electrons. The third-order valence-corrected chi connectivity index (χ3v) is 2.74. The van der Waals surface area contributed by atoms with Crippen molar-refractivity contribution < 1.29 is 4.79 Å². The first-order valence-electron chi connectivity index (χ1n) is 4.88. The van der Waals surface area contributed by atoms with Crippen molar-refractivity contribution in [1.29, 1.82) is 0 Å². The lowest BCUT2D eigenvalue weighted by Gasteiger charge is -2.08. The highest BCUT2D eigenvalue weighted by molar-refractivity contribution is 6.39. The quantitative estimate of drug-likeness (QED) is 0.888. The van der Waals surface area contributed by atoms with E-state index in [-0.39, 0.29) is 11.4 Å². The molecule has 1 amide bonds. The second-order valence-corrected chi connectivity index (χ2v) is 4.16. The lowest BCUT2D eigenvalue weighted by atomic mass is 10.3. The van der Waals surface area contributed by atoms with Gasteiger partial charge in [-0.3, -0.25) is 9.59 Å². The maximum atomic E-state index is 11.8. The Balaban J connectivity index is 2.30. The SMILES string of the molecule is O=C(Nc1c(Cl)cccc1Cl)c1cc(=O)[nH]cn1. The number of hydrogen-bond acceptors (Lipinski definition) is 3. The lowest BCUT2D eigenvalue weighted by molar-refractivity contribution is 0.102. The Hall–Kier alpha value is -1.85. The molecule has 18 heavy (non-hydrogen) atoms. The summed E-state index contributed by atoms with van der Waals surface area (Å²) in [6, 6.07) is 5.93. The van der Waals surface area contributed by atoms with Crippen LogP contribution in [0.3, 0.4) is 0 Å². The van der Waals surface area contributed by atoms with Crippen LogP contribution in [-0.2, 0) is 0 Å². The molecule has 2 N–H and O–H groups in total. The van der Waals surface area contributed by atoms with Crippen molar-refractivity contribution in [2.24, 2.45) is 0 Å². The smallest absolute Gasteiger partial charge is 0.274 e. The molecule has 0 saturated carbocycles. The minimum absolute atomic E-state index is 0.0188. The number of hydrogen-bond donors (Lipinski definition) is 2. The molecule has 0 bridgehead atoms. The summed E-state index contributed by atoms with van der Waals surface area (Å²) in [5.74, 6) is -0.559. The van der Waals surface area contributed by atoms with E-state index in [1.807, 2.05) is 0 Å². The van der Waals surface area contributed by atoms with E-state index in [9.17, 15) is 9.59 Å². The van der Waals surface area contributed by atoms with Gasteiger partial charge in [0.25, 0.3) is 11.5 Å². The normalized spacial score (nSPS) is 10.1. The van der Waals surface area contributed by atoms with Crippen LogP contribution in [0.1, 0.15) is 10.5 Å². The van der Waals surface area contributed by atoms with Crippen LogP contribution in [0.2, 0.25) is 10.0 Å². The van der Waals surface area contributed by atoms with Crippen molar-refractivity contribution >= 4 is 34.8 Å². The van der Waals surface area contributed by atoms with Gasteiger partial charge in [-0.2, -0.15) is 0 Å². The van der Waals surface area contributed by atoms with Crippen LogP contribution in [0.5, 0.6) is 0 Å². The molecule has 7 heteroatoms. The van der Waals surface area contributed by atoms with Crippen LogP contribution in [0.4, 0.5) is 5.69 Å². The van der Waals surface area contributed by atoms with Gasteiger partial charge in [0.15, 0.2) is 0 Å². The van der Waals surface area contributed by atoms with Gasteiger partial charge in [-0.15, -0.1) is 0 Å². The van der Waals surface area contributed by atoms with E-state index in [0.29, 0.717) is 10.0 Å². The molecule has 0 unspecified atom stereocenters. The molecule has 1 aromatic carbocycles. The molecule has 2 aromatic rings. The second-order valence-electron chi connectivity index (χ2n) is 3.35. The van der Waals surface area contributed by atoms with Crippen LogP contribution < -0.4 is 10.9 Å². The van der Waals surface area contributed by atoms with Gasteiger partial charge in [-0.25, -0.2) is 4.98 Å². The van der Waals surface area contributed by atoms with Crippen LogP contribution in [-0.4, -0.2) is 15.9 Å². The molecule has 5 nitrogen and oxygen atoms in total. The van der Waals surface area contributed by atoms with Crippen molar-refractivity contribution in [3.05, 3.63) is 56.7 Å². The molecule has 0 aliphatic carbocycles. The van der Waals surface area contributed by atoms with Crippen LogP contribution in [0, 0.1) is 0 Å². The van der Waals surface area contributed by atoms with Crippen LogP contribution in [0.15, 0.2) is 35.4 Å². The molecule has 0 aliphatic rings. The van der Waals surface area contributed by atoms with E-state index in [1.165, 1.54) is 0 Å². The molecule has 0 aliphatic heterocycles. The number of nitrogens with zero attached hydrogens (tertiary/aromatic N) is 1. The zero-order chi connectivity index (χ0) is 13.1. The molecule has 0 saturated heterocycles. The molecule has 0 atom stereocenters. The Morgan fingerprint density at radius 1 is 1.28 bits per heavy atom. The van der Waals surface area contributed by atoms with E-state index >= 15 is 0 Å². The summed E-state index contributed by atoms with van der Waals surface area (Å²) in [6.07, 6.45) is 1.14. The van der Waals surface area contributed by atoms with Gasteiger partial charge in [-0.05, 0) is 12.1 Å². The lowest BCUT2D eigenvalue weighted by Crippen LogP contribution is -2.18. The summed E-state index contributed by atoms with van der Waals surface area (Å²) in [5, 5.41) is 3.12. The maximum Gasteiger partial charge on any atom is 0.274 e. The highest BCUT2D eigenvalue weighted by Crippen LogP contribution is 2.29. The number of anilines is 1. The number of amides is 1. The first-order valence-corrected chi connectivity index (χ1v) is 5.63. The number of nitrogens with one attached hydrogen (secondary N) is 2. The van der Waals surface area contributed by atoms with Crippen molar-refractivity contribution in [2.75, 3.05) is 5.32 Å². The van der Waals surface area contributed by atoms with Gasteiger partial charge in [0.1, 0.15) is 5.69 Å². The van der Waals surface area contributed by atoms with E-state index in [4.69, 9.17) is 23.2 Å². The van der Waals surface area contributed by atoms with Crippen molar-refractivity contribution in [2.45, 2.75) is 0 Å². The molecule has 1 aromatic heterocycles. The van der Waals surface area contributed by atoms with E-state index in [0.717, 1.165) is 12.4 Å². The van der Waals surface area contributed by atoms with Gasteiger partial charge < -0.3 is 10.3 Å². The van der Waals surface area contributed by atoms with Crippen LogP contribution in [0.25, 0.3) is 0 Å². The first-order chi connectivity index (χ1) is 8.58. The second kappa shape index (κ2) is 5.20. The topological polar surface area (TPSA) is 74.8 Å². The fourth-order valence-corrected chi connectivity index (χ4v) is 1.78. The van der Waals surface area contributed by atoms with Gasteiger partial charge in [0.2, 0.25) is 0 Å². The monoisotopic (exact) mass is 283 g/mol. The van der Waals surface area contributed by atoms with Gasteiger partial charge >= 0.3 is 0 Å². The number of aromatic amines is 1. The summed E-state index contributed by atoms with van der Waals surface area (Å²) in [4.78, 5) is 28.9. The fraction of sp³-hybridized carbons (Fsp3) is 0. The molecule has 0 fully saturated rings. The number of H-pyrrole nitrogens is 1. The van der Waals surface area contributed by atoms with Gasteiger partial charge in [0, 0.05) is 6.07 Å². The number of carbonyl (C=O) groups is 1. The molecule has 0 spiro atoms. The standard InChI is InChI=1S/C11H7Cl2N3O2/c12-6-2-1-3-7(13)10(6)16-11(18)8-4-9(17)15-5-14-8/h1-5H,(H,16,18)(H,14,15,17). The van der Waals surface area contributed by atoms with Crippen molar-refractivity contribution in [1.82, 2.24) is 9.97 Å². The van der Waals surface area contributed by atoms with Crippen molar-refractivity contribution in [3.8, 4) is 0 Å². The Bertz CT molecular complexity index is 634. The average Bonchev–Trinajstić information content (AvgIpc) is 2.34. The number of rotatable bonds is 2. The zero-order valence-corrected chi connectivity index (χ0v) is 10.4. The minimum Gasteiger partial charge on any atom is -0.318 e. The van der Waals surface area contributed by atoms with Gasteiger partial charge in [0.05, 0.1) is 22.1 Å². The molecular weight excluding hydrogens is 277 g/mol. The van der Waals surface area contributed by atoms with Crippen LogP contribution >= 0.6 is 23.2 Å². The summed E-state index contributed by atoms with van der Waals surface area (Å²) in [5.41, 5.74) is -0.150.